The van der Waals surface area contributed by atoms with Crippen molar-refractivity contribution < 1.29 is 22.8 Å². The van der Waals surface area contributed by atoms with Gasteiger partial charge in [0.25, 0.3) is 0 Å². The monoisotopic (exact) mass is 440 g/mol. The third-order valence-corrected chi connectivity index (χ3v) is 4.75. The summed E-state index contributed by atoms with van der Waals surface area (Å²) in [6.45, 7) is 0.275. The highest BCUT2D eigenvalue weighted by Gasteiger charge is 2.14. The minimum absolute atomic E-state index is 0.0961. The molecular weight excluding hydrogens is 422 g/mol. The number of ether oxygens (including phenoxy) is 2. The number of hydrogen-bond donors (Lipinski definition) is 1. The van der Waals surface area contributed by atoms with Crippen LogP contribution in [-0.2, 0) is 13.2 Å². The highest BCUT2D eigenvalue weighted by molar-refractivity contribution is 5.66. The van der Waals surface area contributed by atoms with E-state index in [9.17, 15) is 18.4 Å². The molecule has 164 valence electrons. The first-order valence-corrected chi connectivity index (χ1v) is 9.57. The van der Waals surface area contributed by atoms with Crippen LogP contribution in [0.25, 0.3) is 11.1 Å². The van der Waals surface area contributed by atoms with Crippen LogP contribution < -0.4 is 20.9 Å². The van der Waals surface area contributed by atoms with Gasteiger partial charge in [0.1, 0.15) is 29.7 Å². The van der Waals surface area contributed by atoms with Crippen LogP contribution in [0, 0.1) is 11.6 Å². The Morgan fingerprint density at radius 1 is 0.938 bits per heavy atom. The first kappa shape index (κ1) is 21.1. The predicted molar refractivity (Wildman–Crippen MR) is 112 cm³/mol. The van der Waals surface area contributed by atoms with E-state index in [0.29, 0.717) is 11.3 Å². The van der Waals surface area contributed by atoms with Crippen LogP contribution in [-0.4, -0.2) is 16.8 Å². The largest absolute Gasteiger partial charge is 0.497 e. The molecule has 0 aliphatic carbocycles. The molecule has 0 radical (unpaired) electrons. The summed E-state index contributed by atoms with van der Waals surface area (Å²) in [6, 6.07) is 15.9. The summed E-state index contributed by atoms with van der Waals surface area (Å²) in [5.41, 5.74) is 1.08. The maximum atomic E-state index is 14.4. The van der Waals surface area contributed by atoms with Crippen LogP contribution >= 0.6 is 0 Å². The molecule has 1 N–H and O–H groups in total. The molecule has 9 heteroatoms. The van der Waals surface area contributed by atoms with Gasteiger partial charge >= 0.3 is 11.4 Å². The van der Waals surface area contributed by atoms with Gasteiger partial charge in [-0.05, 0) is 34.9 Å². The van der Waals surface area contributed by atoms with Crippen molar-refractivity contribution in [3.05, 3.63) is 104 Å². The first-order chi connectivity index (χ1) is 15.4. The van der Waals surface area contributed by atoms with Gasteiger partial charge in [0.2, 0.25) is 0 Å². The Balaban J connectivity index is 1.45. The molecule has 1 heterocycles. The van der Waals surface area contributed by atoms with E-state index >= 15 is 0 Å². The summed E-state index contributed by atoms with van der Waals surface area (Å²) in [7, 11) is 1.34. The number of benzene rings is 3. The van der Waals surface area contributed by atoms with Gasteiger partial charge in [0.05, 0.1) is 19.2 Å². The van der Waals surface area contributed by atoms with Crippen molar-refractivity contribution in [3.63, 3.8) is 0 Å². The van der Waals surface area contributed by atoms with Gasteiger partial charge in [-0.25, -0.2) is 23.4 Å². The molecule has 1 aromatic heterocycles. The number of hydrogen-bond acceptors (Lipinski definition) is 5. The molecule has 0 saturated carbocycles. The van der Waals surface area contributed by atoms with Crippen LogP contribution in [0.5, 0.6) is 11.5 Å². The standard InChI is InChI=1S/C23H18F2N2O5/c1-30-18-10-19(24)21(20(25)11-18)16-4-2-3-15(9-16)13-31-17-7-5-14(6-8-17)12-27-22(28)26-23(29)32-27/h2-11H,12-13H2,1H3,(H,26,28,29). The maximum Gasteiger partial charge on any atom is 0.440 e. The molecule has 0 fully saturated rings. The van der Waals surface area contributed by atoms with E-state index in [0.717, 1.165) is 28.0 Å². The second kappa shape index (κ2) is 8.93. The molecule has 0 aliphatic heterocycles. The van der Waals surface area contributed by atoms with Gasteiger partial charge in [-0.2, -0.15) is 0 Å². The zero-order chi connectivity index (χ0) is 22.7. The number of rotatable bonds is 7. The van der Waals surface area contributed by atoms with E-state index in [1.165, 1.54) is 7.11 Å². The Labute approximate surface area is 180 Å². The van der Waals surface area contributed by atoms with Gasteiger partial charge in [0, 0.05) is 12.1 Å². The number of halogens is 2. The predicted octanol–water partition coefficient (Wildman–Crippen LogP) is 3.71. The normalized spacial score (nSPS) is 10.8. The molecular formula is C23H18F2N2O5. The minimum atomic E-state index is -0.813. The van der Waals surface area contributed by atoms with E-state index in [2.05, 4.69) is 0 Å². The van der Waals surface area contributed by atoms with Crippen LogP contribution in [0.3, 0.4) is 0 Å². The van der Waals surface area contributed by atoms with Crippen LogP contribution in [0.2, 0.25) is 0 Å². The van der Waals surface area contributed by atoms with Crippen molar-refractivity contribution in [1.82, 2.24) is 9.72 Å². The van der Waals surface area contributed by atoms with Crippen molar-refractivity contribution in [1.29, 1.82) is 0 Å². The average Bonchev–Trinajstić information content (AvgIpc) is 3.09. The van der Waals surface area contributed by atoms with E-state index in [1.807, 2.05) is 4.98 Å². The second-order valence-corrected chi connectivity index (χ2v) is 6.94. The zero-order valence-electron chi connectivity index (χ0n) is 16.9. The van der Waals surface area contributed by atoms with E-state index in [4.69, 9.17) is 14.0 Å². The van der Waals surface area contributed by atoms with Gasteiger partial charge in [-0.15, -0.1) is 4.74 Å². The lowest BCUT2D eigenvalue weighted by Crippen LogP contribution is -2.17. The number of methoxy groups -OCH3 is 1. The summed E-state index contributed by atoms with van der Waals surface area (Å²) in [5, 5.41) is 0. The molecule has 0 bridgehead atoms. The van der Waals surface area contributed by atoms with Crippen LogP contribution in [0.15, 0.2) is 74.8 Å². The first-order valence-electron chi connectivity index (χ1n) is 9.57. The Morgan fingerprint density at radius 2 is 1.66 bits per heavy atom. The highest BCUT2D eigenvalue weighted by Crippen LogP contribution is 2.30. The van der Waals surface area contributed by atoms with E-state index in [1.54, 1.807) is 48.5 Å². The smallest absolute Gasteiger partial charge is 0.440 e. The van der Waals surface area contributed by atoms with E-state index < -0.39 is 23.1 Å². The quantitative estimate of drug-likeness (QED) is 0.474. The number of aromatic nitrogens is 2. The lowest BCUT2D eigenvalue weighted by molar-refractivity contribution is 0.258. The topological polar surface area (TPSA) is 86.5 Å². The summed E-state index contributed by atoms with van der Waals surface area (Å²) in [4.78, 5) is 24.6. The van der Waals surface area contributed by atoms with Gasteiger partial charge in [0.15, 0.2) is 0 Å². The van der Waals surface area contributed by atoms with Crippen molar-refractivity contribution >= 4 is 0 Å². The zero-order valence-corrected chi connectivity index (χ0v) is 16.9. The molecule has 3 aromatic carbocycles. The van der Waals surface area contributed by atoms with Gasteiger partial charge in [-0.1, -0.05) is 30.3 Å². The maximum absolute atomic E-state index is 14.4. The highest BCUT2D eigenvalue weighted by atomic mass is 19.1. The van der Waals surface area contributed by atoms with E-state index in [-0.39, 0.29) is 24.5 Å². The third kappa shape index (κ3) is 4.61. The number of aromatic amines is 1. The molecule has 0 unspecified atom stereocenters. The van der Waals surface area contributed by atoms with Gasteiger partial charge < -0.3 is 14.0 Å². The Hall–Kier alpha value is -4.14. The molecule has 0 spiro atoms. The molecule has 4 rings (SSSR count). The summed E-state index contributed by atoms with van der Waals surface area (Å²) >= 11 is 0. The third-order valence-electron chi connectivity index (χ3n) is 4.75. The average molecular weight is 440 g/mol. The number of nitrogens with one attached hydrogen (secondary N) is 1. The number of nitrogens with zero attached hydrogens (tertiary/aromatic N) is 1. The van der Waals surface area contributed by atoms with Crippen molar-refractivity contribution in [2.24, 2.45) is 0 Å². The fourth-order valence-electron chi connectivity index (χ4n) is 3.20. The molecule has 0 saturated heterocycles. The molecule has 0 atom stereocenters. The van der Waals surface area contributed by atoms with Crippen LogP contribution in [0.1, 0.15) is 11.1 Å². The number of H-pyrrole nitrogens is 1. The molecule has 7 nitrogen and oxygen atoms in total. The Bertz CT molecular complexity index is 1330. The van der Waals surface area contributed by atoms with Crippen molar-refractivity contribution in [2.45, 2.75) is 13.2 Å². The minimum Gasteiger partial charge on any atom is -0.497 e. The SMILES string of the molecule is COc1cc(F)c(-c2cccc(COc3ccc(Cn4oc(=O)[nH]c4=O)cc3)c2)c(F)c1. The molecule has 32 heavy (non-hydrogen) atoms. The van der Waals surface area contributed by atoms with Gasteiger partial charge in [-0.3, -0.25) is 0 Å². The Morgan fingerprint density at radius 3 is 2.28 bits per heavy atom. The lowest BCUT2D eigenvalue weighted by Gasteiger charge is -2.11. The summed E-state index contributed by atoms with van der Waals surface area (Å²) < 4.78 is 45.1. The van der Waals surface area contributed by atoms with Crippen molar-refractivity contribution in [2.75, 3.05) is 7.11 Å². The fraction of sp³-hybridized carbons (Fsp3) is 0.130. The van der Waals surface area contributed by atoms with Crippen molar-refractivity contribution in [3.8, 4) is 22.6 Å². The summed E-state index contributed by atoms with van der Waals surface area (Å²) in [6.07, 6.45) is 0. The summed E-state index contributed by atoms with van der Waals surface area (Å²) in [5.74, 6) is -1.58. The second-order valence-electron chi connectivity index (χ2n) is 6.94. The fourth-order valence-corrected chi connectivity index (χ4v) is 3.20. The van der Waals surface area contributed by atoms with Crippen LogP contribution in [0.4, 0.5) is 8.78 Å². The molecule has 0 amide bonds. The lowest BCUT2D eigenvalue weighted by atomic mass is 10.0. The molecule has 4 aromatic rings. The molecule has 0 aliphatic rings. The Kier molecular flexibility index (Phi) is 5.89.